The number of carbonyl (C=O) groups excluding carboxylic acids is 1. The monoisotopic (exact) mass is 395 g/mol. The molecule has 0 aliphatic rings. The smallest absolute Gasteiger partial charge is 0.243 e. The molecule has 3 N–H and O–H groups in total. The van der Waals surface area contributed by atoms with E-state index < -0.39 is 0 Å². The Balaban J connectivity index is 1.84. The molecule has 0 saturated heterocycles. The second-order valence-corrected chi connectivity index (χ2v) is 6.48. The van der Waals surface area contributed by atoms with Crippen molar-refractivity contribution in [1.82, 2.24) is 15.2 Å². The van der Waals surface area contributed by atoms with Gasteiger partial charge in [0.05, 0.1) is 18.1 Å². The normalized spacial score (nSPS) is 11.3. The lowest BCUT2D eigenvalue weighted by atomic mass is 10.1. The molecule has 0 aliphatic carbocycles. The maximum absolute atomic E-state index is 12.1. The van der Waals surface area contributed by atoms with Crippen LogP contribution in [0.1, 0.15) is 18.2 Å². The molecule has 6 nitrogen and oxygen atoms in total. The summed E-state index contributed by atoms with van der Waals surface area (Å²) >= 11 is 12.1. The molecule has 0 bridgehead atoms. The zero-order valence-corrected chi connectivity index (χ0v) is 16.6. The summed E-state index contributed by atoms with van der Waals surface area (Å²) in [5.74, 6) is 0.363. The summed E-state index contributed by atoms with van der Waals surface area (Å²) in [5, 5.41) is 9.96. The van der Waals surface area contributed by atoms with E-state index in [1.165, 1.54) is 5.56 Å². The molecule has 26 heavy (non-hydrogen) atoms. The van der Waals surface area contributed by atoms with Crippen LogP contribution >= 0.6 is 23.2 Å². The van der Waals surface area contributed by atoms with Gasteiger partial charge in [0.2, 0.25) is 5.91 Å². The minimum atomic E-state index is -0.147. The second kappa shape index (κ2) is 9.50. The Labute approximate surface area is 163 Å². The first-order chi connectivity index (χ1) is 12.4. The van der Waals surface area contributed by atoms with Gasteiger partial charge in [0, 0.05) is 25.5 Å². The van der Waals surface area contributed by atoms with Crippen LogP contribution in [0.4, 0.5) is 5.69 Å². The van der Waals surface area contributed by atoms with E-state index in [2.05, 4.69) is 27.9 Å². The van der Waals surface area contributed by atoms with Crippen molar-refractivity contribution >= 4 is 40.8 Å². The Morgan fingerprint density at radius 1 is 1.23 bits per heavy atom. The highest BCUT2D eigenvalue weighted by Gasteiger charge is 2.10. The fourth-order valence-electron chi connectivity index (χ4n) is 2.39. The van der Waals surface area contributed by atoms with Crippen LogP contribution in [-0.4, -0.2) is 30.0 Å². The lowest BCUT2D eigenvalue weighted by molar-refractivity contribution is -0.115. The fraction of sp³-hybridized carbons (Fsp3) is 0.333. The van der Waals surface area contributed by atoms with Gasteiger partial charge in [0.15, 0.2) is 5.96 Å². The summed E-state index contributed by atoms with van der Waals surface area (Å²) in [7, 11) is 3.47. The predicted molar refractivity (Wildman–Crippen MR) is 108 cm³/mol. The van der Waals surface area contributed by atoms with Crippen LogP contribution in [0.15, 0.2) is 35.3 Å². The Hall–Kier alpha value is -2.18. The van der Waals surface area contributed by atoms with Crippen molar-refractivity contribution in [2.45, 2.75) is 19.9 Å². The minimum Gasteiger partial charge on any atom is -0.351 e. The molecule has 1 amide bonds. The lowest BCUT2D eigenvalue weighted by Crippen LogP contribution is -2.41. The molecule has 140 valence electrons. The van der Waals surface area contributed by atoms with Gasteiger partial charge in [-0.1, -0.05) is 42.3 Å². The van der Waals surface area contributed by atoms with E-state index in [1.807, 2.05) is 31.3 Å². The van der Waals surface area contributed by atoms with Crippen molar-refractivity contribution in [3.05, 3.63) is 51.8 Å². The number of rotatable bonds is 6. The molecule has 8 heteroatoms. The molecular weight excluding hydrogens is 373 g/mol. The van der Waals surface area contributed by atoms with Gasteiger partial charge in [-0.2, -0.15) is 0 Å². The summed E-state index contributed by atoms with van der Waals surface area (Å²) in [6.45, 7) is 2.65. The highest BCUT2D eigenvalue weighted by molar-refractivity contribution is 6.41. The predicted octanol–water partition coefficient (Wildman–Crippen LogP) is 3.20. The average Bonchev–Trinajstić information content (AvgIpc) is 2.89. The number of aryl methyl sites for hydroxylation is 1. The van der Waals surface area contributed by atoms with Crippen LogP contribution < -0.4 is 16.0 Å². The number of nitrogens with zero attached hydrogens (tertiary/aromatic N) is 2. The molecule has 0 fully saturated rings. The van der Waals surface area contributed by atoms with E-state index in [1.54, 1.807) is 17.7 Å². The summed E-state index contributed by atoms with van der Waals surface area (Å²) in [4.78, 5) is 16.2. The summed E-state index contributed by atoms with van der Waals surface area (Å²) < 4.78 is 1.79. The summed E-state index contributed by atoms with van der Waals surface area (Å²) in [5.41, 5.74) is 2.86. The standard InChI is InChI=1S/C18H23Cl2N5O/c1-4-12-6-5-7-13(8-12)24-16(26)11-23-18(21-2)22-10-14-9-15(19)17(20)25(14)3/h5-9H,4,10-11H2,1-3H3,(H,24,26)(H2,21,22,23). The van der Waals surface area contributed by atoms with Crippen LogP contribution in [0.3, 0.4) is 0 Å². The minimum absolute atomic E-state index is 0.102. The van der Waals surface area contributed by atoms with Crippen LogP contribution in [0, 0.1) is 0 Å². The SMILES string of the molecule is CCc1cccc(NC(=O)CNC(=NC)NCc2cc(Cl)c(Cl)n2C)c1. The molecule has 0 atom stereocenters. The Kier molecular flexibility index (Phi) is 7.36. The molecule has 1 aromatic carbocycles. The topological polar surface area (TPSA) is 70.4 Å². The second-order valence-electron chi connectivity index (χ2n) is 5.71. The molecule has 0 unspecified atom stereocenters. The van der Waals surface area contributed by atoms with Gasteiger partial charge < -0.3 is 20.5 Å². The van der Waals surface area contributed by atoms with E-state index in [9.17, 15) is 4.79 Å². The van der Waals surface area contributed by atoms with E-state index in [-0.39, 0.29) is 12.5 Å². The number of guanidine groups is 1. The molecule has 1 heterocycles. The number of amides is 1. The summed E-state index contributed by atoms with van der Waals surface area (Å²) in [6.07, 6.45) is 0.922. The quantitative estimate of drug-likeness (QED) is 0.519. The van der Waals surface area contributed by atoms with E-state index in [4.69, 9.17) is 23.2 Å². The molecule has 0 spiro atoms. The van der Waals surface area contributed by atoms with Gasteiger partial charge in [-0.25, -0.2) is 0 Å². The Bertz CT molecular complexity index is 801. The molecule has 2 aromatic rings. The van der Waals surface area contributed by atoms with E-state index in [0.717, 1.165) is 17.8 Å². The zero-order valence-electron chi connectivity index (χ0n) is 15.1. The molecule has 1 aromatic heterocycles. The number of benzene rings is 1. The third-order valence-electron chi connectivity index (χ3n) is 3.91. The van der Waals surface area contributed by atoms with Gasteiger partial charge in [-0.05, 0) is 30.2 Å². The van der Waals surface area contributed by atoms with Crippen LogP contribution in [0.25, 0.3) is 0 Å². The van der Waals surface area contributed by atoms with Crippen molar-refractivity contribution in [3.63, 3.8) is 0 Å². The maximum atomic E-state index is 12.1. The van der Waals surface area contributed by atoms with Gasteiger partial charge in [-0.3, -0.25) is 9.79 Å². The molecule has 0 aliphatic heterocycles. The first kappa shape index (κ1) is 20.1. The van der Waals surface area contributed by atoms with Crippen molar-refractivity contribution in [3.8, 4) is 0 Å². The van der Waals surface area contributed by atoms with Gasteiger partial charge in [0.25, 0.3) is 0 Å². The molecular formula is C18H23Cl2N5O. The number of carbonyl (C=O) groups is 1. The Morgan fingerprint density at radius 3 is 2.62 bits per heavy atom. The van der Waals surface area contributed by atoms with E-state index >= 15 is 0 Å². The number of hydrogen-bond donors (Lipinski definition) is 3. The zero-order chi connectivity index (χ0) is 19.1. The van der Waals surface area contributed by atoms with Gasteiger partial charge >= 0.3 is 0 Å². The maximum Gasteiger partial charge on any atom is 0.243 e. The largest absolute Gasteiger partial charge is 0.351 e. The van der Waals surface area contributed by atoms with Crippen LogP contribution in [0.5, 0.6) is 0 Å². The third kappa shape index (κ3) is 5.41. The number of hydrogen-bond acceptors (Lipinski definition) is 2. The number of aliphatic imine (C=N–C) groups is 1. The molecule has 2 rings (SSSR count). The number of anilines is 1. The third-order valence-corrected chi connectivity index (χ3v) is 4.75. The molecule has 0 saturated carbocycles. The highest BCUT2D eigenvalue weighted by atomic mass is 35.5. The van der Waals surface area contributed by atoms with Crippen molar-refractivity contribution in [1.29, 1.82) is 0 Å². The summed E-state index contributed by atoms with van der Waals surface area (Å²) in [6, 6.07) is 9.58. The first-order valence-corrected chi connectivity index (χ1v) is 9.03. The fourth-order valence-corrected chi connectivity index (χ4v) is 2.81. The molecule has 0 radical (unpaired) electrons. The van der Waals surface area contributed by atoms with Crippen LogP contribution in [0.2, 0.25) is 10.2 Å². The van der Waals surface area contributed by atoms with Crippen molar-refractivity contribution in [2.75, 3.05) is 18.9 Å². The average molecular weight is 396 g/mol. The van der Waals surface area contributed by atoms with Crippen LogP contribution in [-0.2, 0) is 24.8 Å². The van der Waals surface area contributed by atoms with Crippen molar-refractivity contribution < 1.29 is 4.79 Å². The first-order valence-electron chi connectivity index (χ1n) is 8.27. The highest BCUT2D eigenvalue weighted by Crippen LogP contribution is 2.24. The number of aromatic nitrogens is 1. The Morgan fingerprint density at radius 2 is 2.00 bits per heavy atom. The van der Waals surface area contributed by atoms with E-state index in [0.29, 0.717) is 22.7 Å². The lowest BCUT2D eigenvalue weighted by Gasteiger charge is -2.13. The van der Waals surface area contributed by atoms with Gasteiger partial charge in [-0.15, -0.1) is 0 Å². The van der Waals surface area contributed by atoms with Crippen molar-refractivity contribution in [2.24, 2.45) is 12.0 Å². The number of nitrogens with one attached hydrogen (secondary N) is 3. The van der Waals surface area contributed by atoms with Gasteiger partial charge in [0.1, 0.15) is 5.15 Å². The number of halogens is 2.